The zero-order valence-electron chi connectivity index (χ0n) is 12.8. The molecule has 116 valence electrons. The summed E-state index contributed by atoms with van der Waals surface area (Å²) >= 11 is 0. The first-order chi connectivity index (χ1) is 9.56. The van der Waals surface area contributed by atoms with E-state index in [1.807, 2.05) is 13.8 Å². The summed E-state index contributed by atoms with van der Waals surface area (Å²) in [5.74, 6) is 0.151. The van der Waals surface area contributed by atoms with Crippen LogP contribution in [-0.2, 0) is 18.1 Å². The van der Waals surface area contributed by atoms with Crippen LogP contribution in [0.3, 0.4) is 0 Å². The van der Waals surface area contributed by atoms with Crippen molar-refractivity contribution in [2.45, 2.75) is 77.2 Å². The molecule has 2 unspecified atom stereocenters. The maximum atomic E-state index is 11.6. The minimum absolute atomic E-state index is 0.102. The van der Waals surface area contributed by atoms with E-state index in [1.165, 1.54) is 0 Å². The Kier molecular flexibility index (Phi) is 5.60. The van der Waals surface area contributed by atoms with Crippen LogP contribution in [0, 0.1) is 0 Å². The molecule has 0 saturated carbocycles. The number of carbonyl (C=O) groups is 1. The van der Waals surface area contributed by atoms with Crippen LogP contribution in [-0.4, -0.2) is 39.6 Å². The lowest BCUT2D eigenvalue weighted by molar-refractivity contribution is -0.121. The van der Waals surface area contributed by atoms with Crippen LogP contribution in [0.15, 0.2) is 0 Å². The van der Waals surface area contributed by atoms with Crippen LogP contribution in [0.25, 0.3) is 0 Å². The number of carbonyl (C=O) groups excluding carboxylic acids is 1. The van der Waals surface area contributed by atoms with E-state index < -0.39 is 8.80 Å². The lowest BCUT2D eigenvalue weighted by atomic mass is 10.1. The second-order valence-corrected chi connectivity index (χ2v) is 8.40. The number of hydrogen-bond acceptors (Lipinski definition) is 4. The molecule has 1 amide bonds. The monoisotopic (exact) mass is 301 g/mol. The maximum absolute atomic E-state index is 11.6. The predicted molar refractivity (Wildman–Crippen MR) is 78.3 cm³/mol. The Bertz CT molecular complexity index is 327. The molecule has 0 aromatic carbocycles. The topological polar surface area (TPSA) is 56.8 Å². The molecule has 2 atom stereocenters. The third-order valence-electron chi connectivity index (χ3n) is 3.96. The third kappa shape index (κ3) is 3.81. The number of unbranched alkanes of at least 4 members (excludes halogenated alkanes) is 2. The summed E-state index contributed by atoms with van der Waals surface area (Å²) in [6.07, 6.45) is 5.13. The highest BCUT2D eigenvalue weighted by Crippen LogP contribution is 2.40. The van der Waals surface area contributed by atoms with Crippen molar-refractivity contribution >= 4 is 14.7 Å². The number of fused-ring (bicyclic) bond motifs is 2. The fourth-order valence-electron chi connectivity index (χ4n) is 2.90. The van der Waals surface area contributed by atoms with E-state index in [0.717, 1.165) is 31.7 Å². The van der Waals surface area contributed by atoms with Gasteiger partial charge in [0.2, 0.25) is 5.91 Å². The third-order valence-corrected chi connectivity index (χ3v) is 7.02. The first-order valence-corrected chi connectivity index (χ1v) is 9.79. The Morgan fingerprint density at radius 1 is 1.10 bits per heavy atom. The molecular weight excluding hydrogens is 274 g/mol. The maximum Gasteiger partial charge on any atom is 0.502 e. The van der Waals surface area contributed by atoms with Crippen LogP contribution in [0.5, 0.6) is 0 Å². The first kappa shape index (κ1) is 15.9. The molecule has 2 fully saturated rings. The second-order valence-electron chi connectivity index (χ2n) is 5.82. The number of rotatable bonds is 8. The number of nitrogens with one attached hydrogen (secondary N) is 1. The Labute approximate surface area is 122 Å². The van der Waals surface area contributed by atoms with E-state index in [0.29, 0.717) is 13.0 Å². The molecule has 0 aromatic heterocycles. The molecule has 6 heteroatoms. The zero-order chi connectivity index (χ0) is 14.6. The van der Waals surface area contributed by atoms with E-state index in [-0.39, 0.29) is 24.2 Å². The van der Waals surface area contributed by atoms with Crippen LogP contribution in [0.2, 0.25) is 6.04 Å². The molecule has 20 heavy (non-hydrogen) atoms. The van der Waals surface area contributed by atoms with Crippen molar-refractivity contribution in [1.82, 2.24) is 5.32 Å². The second kappa shape index (κ2) is 7.02. The average Bonchev–Trinajstić information content (AvgIpc) is 2.88. The summed E-state index contributed by atoms with van der Waals surface area (Å²) in [5, 5.41) is 2.96. The predicted octanol–water partition coefficient (Wildman–Crippen LogP) is 2.23. The summed E-state index contributed by atoms with van der Waals surface area (Å²) in [6.45, 7) is 6.92. The van der Waals surface area contributed by atoms with Gasteiger partial charge in [0.05, 0.1) is 18.3 Å². The molecule has 2 saturated heterocycles. The van der Waals surface area contributed by atoms with Crippen molar-refractivity contribution in [3.63, 3.8) is 0 Å². The quantitative estimate of drug-likeness (QED) is 0.552. The van der Waals surface area contributed by atoms with Gasteiger partial charge in [-0.25, -0.2) is 0 Å². The first-order valence-electron chi connectivity index (χ1n) is 7.86. The summed E-state index contributed by atoms with van der Waals surface area (Å²) < 4.78 is 17.7. The van der Waals surface area contributed by atoms with Crippen molar-refractivity contribution in [3.05, 3.63) is 0 Å². The summed E-state index contributed by atoms with van der Waals surface area (Å²) in [5.41, 5.74) is 0. The van der Waals surface area contributed by atoms with E-state index in [9.17, 15) is 4.79 Å². The molecule has 0 aromatic rings. The molecule has 0 aliphatic carbocycles. The van der Waals surface area contributed by atoms with Gasteiger partial charge >= 0.3 is 8.80 Å². The molecule has 0 spiro atoms. The normalized spacial score (nSPS) is 35.5. The van der Waals surface area contributed by atoms with Crippen molar-refractivity contribution < 1.29 is 18.1 Å². The fraction of sp³-hybridized carbons (Fsp3) is 0.929. The Morgan fingerprint density at radius 2 is 1.80 bits per heavy atom. The van der Waals surface area contributed by atoms with Crippen LogP contribution >= 0.6 is 0 Å². The highest BCUT2D eigenvalue weighted by molar-refractivity contribution is 6.62. The highest BCUT2D eigenvalue weighted by atomic mass is 28.4. The minimum atomic E-state index is -2.41. The van der Waals surface area contributed by atoms with E-state index in [4.69, 9.17) is 13.3 Å². The smallest absolute Gasteiger partial charge is 0.368 e. The molecular formula is C14H27NO4Si. The van der Waals surface area contributed by atoms with Gasteiger partial charge < -0.3 is 18.6 Å². The standard InChI is InChI=1S/C14H27NO4Si/c1-4-5-6-8-13(16)15-9-7-10-20-17-11(2)14(19-20)12(3)18-20/h11-12,14H,4-10H2,1-3H3,(H,15,16). The molecule has 0 radical (unpaired) electrons. The highest BCUT2D eigenvalue weighted by Gasteiger charge is 2.60. The van der Waals surface area contributed by atoms with Crippen molar-refractivity contribution in [2.75, 3.05) is 6.54 Å². The van der Waals surface area contributed by atoms with Gasteiger partial charge in [0, 0.05) is 19.0 Å². The minimum Gasteiger partial charge on any atom is -0.368 e. The van der Waals surface area contributed by atoms with Gasteiger partial charge in [0.1, 0.15) is 0 Å². The van der Waals surface area contributed by atoms with Gasteiger partial charge in [0.25, 0.3) is 0 Å². The largest absolute Gasteiger partial charge is 0.502 e. The SMILES string of the molecule is CCCCCC(=O)NCCC[Si]12OC(C)C(O1)C(C)O2. The zero-order valence-corrected chi connectivity index (χ0v) is 13.8. The van der Waals surface area contributed by atoms with Crippen molar-refractivity contribution in [3.8, 4) is 0 Å². The molecule has 5 nitrogen and oxygen atoms in total. The lowest BCUT2D eigenvalue weighted by Gasteiger charge is -2.26. The van der Waals surface area contributed by atoms with E-state index >= 15 is 0 Å². The van der Waals surface area contributed by atoms with Gasteiger partial charge in [-0.05, 0) is 26.7 Å². The summed E-state index contributed by atoms with van der Waals surface area (Å²) in [7, 11) is -2.41. The van der Waals surface area contributed by atoms with Gasteiger partial charge in [-0.1, -0.05) is 19.8 Å². The van der Waals surface area contributed by atoms with E-state index in [1.54, 1.807) is 0 Å². The van der Waals surface area contributed by atoms with Crippen LogP contribution < -0.4 is 5.32 Å². The Balaban J connectivity index is 1.61. The van der Waals surface area contributed by atoms with Gasteiger partial charge in [-0.3, -0.25) is 4.79 Å². The molecule has 1 N–H and O–H groups in total. The molecule has 2 aliphatic rings. The van der Waals surface area contributed by atoms with Crippen molar-refractivity contribution in [1.29, 1.82) is 0 Å². The number of hydrogen-bond donors (Lipinski definition) is 1. The molecule has 2 aliphatic heterocycles. The average molecular weight is 301 g/mol. The Morgan fingerprint density at radius 3 is 2.40 bits per heavy atom. The van der Waals surface area contributed by atoms with Crippen LogP contribution in [0.1, 0.15) is 52.9 Å². The fourth-order valence-corrected chi connectivity index (χ4v) is 6.23. The molecule has 2 heterocycles. The molecule has 2 bridgehead atoms. The molecule has 2 rings (SSSR count). The van der Waals surface area contributed by atoms with E-state index in [2.05, 4.69) is 12.2 Å². The Hall–Kier alpha value is -0.433. The van der Waals surface area contributed by atoms with Crippen LogP contribution in [0.4, 0.5) is 0 Å². The number of amides is 1. The van der Waals surface area contributed by atoms with Crippen molar-refractivity contribution in [2.24, 2.45) is 0 Å². The van der Waals surface area contributed by atoms with Gasteiger partial charge in [-0.2, -0.15) is 0 Å². The van der Waals surface area contributed by atoms with Gasteiger partial charge in [-0.15, -0.1) is 0 Å². The summed E-state index contributed by atoms with van der Waals surface area (Å²) in [4.78, 5) is 11.6. The lowest BCUT2D eigenvalue weighted by Crippen LogP contribution is -2.44. The van der Waals surface area contributed by atoms with Gasteiger partial charge in [0.15, 0.2) is 0 Å². The summed E-state index contributed by atoms with van der Waals surface area (Å²) in [6, 6.07) is 0.799.